The molecule has 0 aliphatic heterocycles. The van der Waals surface area contributed by atoms with Crippen molar-refractivity contribution in [1.29, 1.82) is 0 Å². The van der Waals surface area contributed by atoms with Gasteiger partial charge < -0.3 is 5.11 Å². The molecule has 0 radical (unpaired) electrons. The van der Waals surface area contributed by atoms with E-state index in [1.807, 2.05) is 0 Å². The molecule has 0 amide bonds. The second-order valence-corrected chi connectivity index (χ2v) is 7.71. The standard InChI is InChI=1S/C18H28O2/c1-12-7-8-15-17(3,4)9-6-10-18(15,5)16(12)14(20)11-13(2)19/h7,11,15-16,19H,6,8-10H2,1-5H3/b13-11-/t15-,16+,18-/m0/s1. The lowest BCUT2D eigenvalue weighted by Crippen LogP contribution is -2.50. The van der Waals surface area contributed by atoms with Crippen molar-refractivity contribution in [3.8, 4) is 0 Å². The fraction of sp³-hybridized carbons (Fsp3) is 0.722. The van der Waals surface area contributed by atoms with E-state index >= 15 is 0 Å². The van der Waals surface area contributed by atoms with Crippen LogP contribution in [0.25, 0.3) is 0 Å². The fourth-order valence-electron chi connectivity index (χ4n) is 4.88. The molecule has 0 saturated heterocycles. The number of ketones is 1. The molecular weight excluding hydrogens is 248 g/mol. The van der Waals surface area contributed by atoms with Crippen molar-refractivity contribution >= 4 is 5.78 Å². The summed E-state index contributed by atoms with van der Waals surface area (Å²) in [5.41, 5.74) is 1.51. The van der Waals surface area contributed by atoms with E-state index in [2.05, 4.69) is 33.8 Å². The Morgan fingerprint density at radius 1 is 1.35 bits per heavy atom. The number of aliphatic hydroxyl groups excluding tert-OH is 1. The summed E-state index contributed by atoms with van der Waals surface area (Å²) in [5.74, 6) is 0.670. The summed E-state index contributed by atoms with van der Waals surface area (Å²) in [5, 5.41) is 9.44. The Labute approximate surface area is 123 Å². The van der Waals surface area contributed by atoms with Gasteiger partial charge in [0.15, 0.2) is 5.78 Å². The minimum Gasteiger partial charge on any atom is -0.512 e. The van der Waals surface area contributed by atoms with Crippen LogP contribution in [0.3, 0.4) is 0 Å². The minimum absolute atomic E-state index is 0.0314. The van der Waals surface area contributed by atoms with Gasteiger partial charge in [-0.1, -0.05) is 38.8 Å². The third-order valence-electron chi connectivity index (χ3n) is 5.70. The number of aliphatic hydroxyl groups is 1. The number of carbonyl (C=O) groups excluding carboxylic acids is 1. The van der Waals surface area contributed by atoms with Crippen LogP contribution >= 0.6 is 0 Å². The molecule has 0 heterocycles. The number of rotatable bonds is 2. The molecule has 0 bridgehead atoms. The number of carbonyl (C=O) groups is 1. The Morgan fingerprint density at radius 2 is 2.00 bits per heavy atom. The lowest BCUT2D eigenvalue weighted by Gasteiger charge is -2.56. The Balaban J connectivity index is 2.44. The zero-order valence-electron chi connectivity index (χ0n) is 13.5. The SMILES string of the molecule is CC1=CC[C@H]2C(C)(C)CCC[C@]2(C)[C@H]1C(=O)/C=C(/C)O. The van der Waals surface area contributed by atoms with Crippen LogP contribution in [0.4, 0.5) is 0 Å². The summed E-state index contributed by atoms with van der Waals surface area (Å²) in [4.78, 5) is 12.6. The molecule has 0 aromatic heterocycles. The molecule has 0 unspecified atom stereocenters. The van der Waals surface area contributed by atoms with Crippen molar-refractivity contribution in [2.24, 2.45) is 22.7 Å². The maximum atomic E-state index is 12.6. The van der Waals surface area contributed by atoms with E-state index in [1.54, 1.807) is 6.92 Å². The van der Waals surface area contributed by atoms with Crippen molar-refractivity contribution in [1.82, 2.24) is 0 Å². The van der Waals surface area contributed by atoms with Crippen molar-refractivity contribution in [2.75, 3.05) is 0 Å². The Morgan fingerprint density at radius 3 is 2.60 bits per heavy atom. The van der Waals surface area contributed by atoms with Gasteiger partial charge in [0.25, 0.3) is 0 Å². The molecular formula is C18H28O2. The van der Waals surface area contributed by atoms with Gasteiger partial charge in [0.2, 0.25) is 0 Å². The van der Waals surface area contributed by atoms with E-state index in [-0.39, 0.29) is 22.9 Å². The van der Waals surface area contributed by atoms with Crippen LogP contribution in [0.5, 0.6) is 0 Å². The summed E-state index contributed by atoms with van der Waals surface area (Å²) >= 11 is 0. The van der Waals surface area contributed by atoms with E-state index < -0.39 is 0 Å². The van der Waals surface area contributed by atoms with Crippen LogP contribution in [0.2, 0.25) is 0 Å². The second-order valence-electron chi connectivity index (χ2n) is 7.71. The van der Waals surface area contributed by atoms with Gasteiger partial charge in [0.05, 0.1) is 5.76 Å². The molecule has 3 atom stereocenters. The zero-order chi connectivity index (χ0) is 15.1. The Kier molecular flexibility index (Phi) is 3.88. The predicted molar refractivity (Wildman–Crippen MR) is 82.5 cm³/mol. The Bertz CT molecular complexity index is 466. The number of allylic oxidation sites excluding steroid dienone is 4. The molecule has 2 aliphatic rings. The highest BCUT2D eigenvalue weighted by atomic mass is 16.3. The van der Waals surface area contributed by atoms with Crippen LogP contribution in [0.15, 0.2) is 23.5 Å². The zero-order valence-corrected chi connectivity index (χ0v) is 13.5. The predicted octanol–water partition coefficient (Wildman–Crippen LogP) is 4.82. The molecule has 2 nitrogen and oxygen atoms in total. The lowest BCUT2D eigenvalue weighted by atomic mass is 9.48. The first kappa shape index (κ1) is 15.3. The Hall–Kier alpha value is -1.05. The number of fused-ring (bicyclic) bond motifs is 1. The first-order valence-electron chi connectivity index (χ1n) is 7.76. The van der Waals surface area contributed by atoms with Crippen molar-refractivity contribution < 1.29 is 9.90 Å². The maximum absolute atomic E-state index is 12.6. The molecule has 2 rings (SSSR count). The first-order valence-corrected chi connectivity index (χ1v) is 7.76. The van der Waals surface area contributed by atoms with Gasteiger partial charge in [-0.05, 0) is 49.9 Å². The van der Waals surface area contributed by atoms with Crippen LogP contribution in [-0.4, -0.2) is 10.9 Å². The third kappa shape index (κ3) is 2.45. The van der Waals surface area contributed by atoms with E-state index in [0.29, 0.717) is 11.3 Å². The van der Waals surface area contributed by atoms with E-state index in [9.17, 15) is 9.90 Å². The summed E-state index contributed by atoms with van der Waals surface area (Å²) < 4.78 is 0. The quantitative estimate of drug-likeness (QED) is 0.446. The fourth-order valence-corrected chi connectivity index (χ4v) is 4.88. The minimum atomic E-state index is -0.0667. The molecule has 112 valence electrons. The van der Waals surface area contributed by atoms with Crippen LogP contribution in [0.1, 0.15) is 60.3 Å². The van der Waals surface area contributed by atoms with E-state index in [4.69, 9.17) is 0 Å². The monoisotopic (exact) mass is 276 g/mol. The van der Waals surface area contributed by atoms with Crippen LogP contribution in [-0.2, 0) is 4.79 Å². The summed E-state index contributed by atoms with van der Waals surface area (Å²) in [7, 11) is 0. The third-order valence-corrected chi connectivity index (χ3v) is 5.70. The average Bonchev–Trinajstić information content (AvgIpc) is 2.25. The smallest absolute Gasteiger partial charge is 0.166 e. The van der Waals surface area contributed by atoms with Gasteiger partial charge in [0.1, 0.15) is 0 Å². The molecule has 0 aromatic carbocycles. The summed E-state index contributed by atoms with van der Waals surface area (Å²) in [6.07, 6.45) is 8.30. The largest absolute Gasteiger partial charge is 0.512 e. The van der Waals surface area contributed by atoms with Crippen molar-refractivity contribution in [2.45, 2.75) is 60.3 Å². The highest BCUT2D eigenvalue weighted by Gasteiger charge is 2.53. The molecule has 0 aromatic rings. The highest BCUT2D eigenvalue weighted by molar-refractivity contribution is 5.94. The van der Waals surface area contributed by atoms with Crippen molar-refractivity contribution in [3.63, 3.8) is 0 Å². The van der Waals surface area contributed by atoms with Gasteiger partial charge in [-0.25, -0.2) is 0 Å². The topological polar surface area (TPSA) is 37.3 Å². The summed E-state index contributed by atoms with van der Waals surface area (Å²) in [6, 6.07) is 0. The molecule has 1 fully saturated rings. The number of hydrogen-bond donors (Lipinski definition) is 1. The molecule has 0 spiro atoms. The second kappa shape index (κ2) is 5.05. The molecule has 1 N–H and O–H groups in total. The van der Waals surface area contributed by atoms with Gasteiger partial charge in [-0.15, -0.1) is 0 Å². The molecule has 2 heteroatoms. The average molecular weight is 276 g/mol. The van der Waals surface area contributed by atoms with Gasteiger partial charge >= 0.3 is 0 Å². The highest BCUT2D eigenvalue weighted by Crippen LogP contribution is 2.59. The van der Waals surface area contributed by atoms with Gasteiger partial charge in [0, 0.05) is 12.0 Å². The molecule has 20 heavy (non-hydrogen) atoms. The van der Waals surface area contributed by atoms with E-state index in [1.165, 1.54) is 24.5 Å². The lowest BCUT2D eigenvalue weighted by molar-refractivity contribution is -0.127. The van der Waals surface area contributed by atoms with E-state index in [0.717, 1.165) is 12.8 Å². The van der Waals surface area contributed by atoms with Gasteiger partial charge in [-0.3, -0.25) is 4.79 Å². The summed E-state index contributed by atoms with van der Waals surface area (Å²) in [6.45, 7) is 10.6. The van der Waals surface area contributed by atoms with Crippen LogP contribution < -0.4 is 0 Å². The first-order chi connectivity index (χ1) is 9.18. The van der Waals surface area contributed by atoms with Crippen molar-refractivity contribution in [3.05, 3.63) is 23.5 Å². The molecule has 1 saturated carbocycles. The molecule has 2 aliphatic carbocycles. The normalized spacial score (nSPS) is 37.0. The van der Waals surface area contributed by atoms with Crippen LogP contribution in [0, 0.1) is 22.7 Å². The maximum Gasteiger partial charge on any atom is 0.166 e. The number of hydrogen-bond acceptors (Lipinski definition) is 2. The van der Waals surface area contributed by atoms with Gasteiger partial charge in [-0.2, -0.15) is 0 Å².